The van der Waals surface area contributed by atoms with E-state index >= 15 is 0 Å². The topological polar surface area (TPSA) is 115 Å². The SMILES string of the molecule is COc1cc(C(C)=O)ccc1OCC(=O)O[C@H](C)C(=O)Nc1ccc(C#N)cc1. The molecule has 0 aliphatic carbocycles. The summed E-state index contributed by atoms with van der Waals surface area (Å²) in [5.41, 5.74) is 1.39. The molecule has 2 aromatic rings. The van der Waals surface area contributed by atoms with Crippen LogP contribution >= 0.6 is 0 Å². The van der Waals surface area contributed by atoms with E-state index in [2.05, 4.69) is 5.32 Å². The Hall–Kier alpha value is -3.86. The van der Waals surface area contributed by atoms with Gasteiger partial charge in [0.25, 0.3) is 5.91 Å². The number of nitrogens with zero attached hydrogens (tertiary/aromatic N) is 1. The molecule has 2 rings (SSSR count). The highest BCUT2D eigenvalue weighted by molar-refractivity contribution is 5.95. The van der Waals surface area contributed by atoms with Gasteiger partial charge in [0.1, 0.15) is 0 Å². The number of hydrogen-bond acceptors (Lipinski definition) is 7. The number of ketones is 1. The van der Waals surface area contributed by atoms with Crippen molar-refractivity contribution in [1.82, 2.24) is 0 Å². The lowest BCUT2D eigenvalue weighted by Gasteiger charge is -2.15. The number of methoxy groups -OCH3 is 1. The molecule has 0 unspecified atom stereocenters. The van der Waals surface area contributed by atoms with Gasteiger partial charge in [-0.2, -0.15) is 5.26 Å². The van der Waals surface area contributed by atoms with Crippen LogP contribution < -0.4 is 14.8 Å². The van der Waals surface area contributed by atoms with Gasteiger partial charge >= 0.3 is 5.97 Å². The Balaban J connectivity index is 1.88. The average molecular weight is 396 g/mol. The van der Waals surface area contributed by atoms with Crippen molar-refractivity contribution in [3.05, 3.63) is 53.6 Å². The smallest absolute Gasteiger partial charge is 0.344 e. The number of Topliss-reactive ketones (excluding diaryl/α,β-unsaturated/α-hetero) is 1. The molecule has 2 aromatic carbocycles. The number of ether oxygens (including phenoxy) is 3. The van der Waals surface area contributed by atoms with Gasteiger partial charge in [-0.1, -0.05) is 0 Å². The van der Waals surface area contributed by atoms with Crippen molar-refractivity contribution >= 4 is 23.3 Å². The number of amides is 1. The summed E-state index contributed by atoms with van der Waals surface area (Å²) >= 11 is 0. The molecule has 0 spiro atoms. The zero-order valence-electron chi connectivity index (χ0n) is 16.2. The van der Waals surface area contributed by atoms with E-state index in [4.69, 9.17) is 19.5 Å². The Labute approximate surface area is 168 Å². The van der Waals surface area contributed by atoms with Crippen LogP contribution in [0.25, 0.3) is 0 Å². The molecule has 0 saturated heterocycles. The molecule has 0 fully saturated rings. The van der Waals surface area contributed by atoms with Gasteiger partial charge in [-0.05, 0) is 56.3 Å². The third kappa shape index (κ3) is 6.07. The minimum atomic E-state index is -1.05. The molecule has 1 atom stereocenters. The highest BCUT2D eigenvalue weighted by atomic mass is 16.6. The minimum absolute atomic E-state index is 0.128. The number of hydrogen-bond donors (Lipinski definition) is 1. The monoisotopic (exact) mass is 396 g/mol. The van der Waals surface area contributed by atoms with Gasteiger partial charge in [0.2, 0.25) is 0 Å². The van der Waals surface area contributed by atoms with E-state index in [1.165, 1.54) is 33.1 Å². The van der Waals surface area contributed by atoms with Gasteiger partial charge in [0.15, 0.2) is 30.0 Å². The molecule has 0 bridgehead atoms. The van der Waals surface area contributed by atoms with E-state index in [1.54, 1.807) is 30.3 Å². The Morgan fingerprint density at radius 2 is 1.79 bits per heavy atom. The van der Waals surface area contributed by atoms with Crippen LogP contribution in [0.4, 0.5) is 5.69 Å². The van der Waals surface area contributed by atoms with Crippen molar-refractivity contribution in [1.29, 1.82) is 5.26 Å². The van der Waals surface area contributed by atoms with Crippen molar-refractivity contribution in [2.45, 2.75) is 20.0 Å². The summed E-state index contributed by atoms with van der Waals surface area (Å²) in [6.45, 7) is 2.42. The second-order valence-electron chi connectivity index (χ2n) is 6.02. The summed E-state index contributed by atoms with van der Waals surface area (Å²) in [5.74, 6) is -0.825. The summed E-state index contributed by atoms with van der Waals surface area (Å²) in [6, 6.07) is 12.8. The molecule has 0 aliphatic heterocycles. The zero-order chi connectivity index (χ0) is 21.4. The number of nitrogens with one attached hydrogen (secondary N) is 1. The van der Waals surface area contributed by atoms with Crippen LogP contribution in [-0.2, 0) is 14.3 Å². The lowest BCUT2D eigenvalue weighted by Crippen LogP contribution is -2.31. The second kappa shape index (κ2) is 9.90. The molecule has 8 heteroatoms. The summed E-state index contributed by atoms with van der Waals surface area (Å²) in [5, 5.41) is 11.4. The van der Waals surface area contributed by atoms with Crippen LogP contribution in [0.5, 0.6) is 11.5 Å². The number of anilines is 1. The highest BCUT2D eigenvalue weighted by Crippen LogP contribution is 2.28. The molecular weight excluding hydrogens is 376 g/mol. The predicted molar refractivity (Wildman–Crippen MR) is 104 cm³/mol. The third-order valence-corrected chi connectivity index (χ3v) is 3.87. The fraction of sp³-hybridized carbons (Fsp3) is 0.238. The molecule has 0 aromatic heterocycles. The van der Waals surface area contributed by atoms with Gasteiger partial charge < -0.3 is 19.5 Å². The fourth-order valence-electron chi connectivity index (χ4n) is 2.30. The first-order chi connectivity index (χ1) is 13.8. The number of carbonyl (C=O) groups is 3. The van der Waals surface area contributed by atoms with Crippen molar-refractivity contribution in [3.8, 4) is 17.6 Å². The molecule has 150 valence electrons. The van der Waals surface area contributed by atoms with E-state index < -0.39 is 24.6 Å². The van der Waals surface area contributed by atoms with E-state index in [-0.39, 0.29) is 11.5 Å². The standard InChI is InChI=1S/C21H20N2O6/c1-13(24)16-6-9-18(19(10-16)27-3)28-12-20(25)29-14(2)21(26)23-17-7-4-15(11-22)5-8-17/h4-10,14H,12H2,1-3H3,(H,23,26)/t14-/m1/s1. The zero-order valence-corrected chi connectivity index (χ0v) is 16.2. The number of rotatable bonds is 8. The molecule has 0 heterocycles. The van der Waals surface area contributed by atoms with Gasteiger partial charge in [0, 0.05) is 11.3 Å². The third-order valence-electron chi connectivity index (χ3n) is 3.87. The van der Waals surface area contributed by atoms with Crippen LogP contribution in [0.3, 0.4) is 0 Å². The first-order valence-corrected chi connectivity index (χ1v) is 8.66. The number of benzene rings is 2. The average Bonchev–Trinajstić information content (AvgIpc) is 2.72. The maximum atomic E-state index is 12.1. The van der Waals surface area contributed by atoms with Crippen LogP contribution in [-0.4, -0.2) is 37.5 Å². The molecule has 29 heavy (non-hydrogen) atoms. The predicted octanol–water partition coefficient (Wildman–Crippen LogP) is 2.72. The quantitative estimate of drug-likeness (QED) is 0.539. The molecule has 0 aliphatic rings. The van der Waals surface area contributed by atoms with Gasteiger partial charge in [-0.3, -0.25) is 9.59 Å². The first kappa shape index (κ1) is 21.4. The van der Waals surface area contributed by atoms with Crippen molar-refractivity contribution in [2.75, 3.05) is 19.0 Å². The molecule has 0 saturated carbocycles. The second-order valence-corrected chi connectivity index (χ2v) is 6.02. The van der Waals surface area contributed by atoms with Gasteiger partial charge in [-0.25, -0.2) is 4.79 Å². The van der Waals surface area contributed by atoms with Crippen LogP contribution in [0.15, 0.2) is 42.5 Å². The first-order valence-electron chi connectivity index (χ1n) is 8.66. The van der Waals surface area contributed by atoms with Crippen molar-refractivity contribution in [3.63, 3.8) is 0 Å². The molecule has 1 N–H and O–H groups in total. The van der Waals surface area contributed by atoms with Gasteiger partial charge in [0.05, 0.1) is 18.7 Å². The van der Waals surface area contributed by atoms with Crippen LogP contribution in [0.1, 0.15) is 29.8 Å². The van der Waals surface area contributed by atoms with E-state index in [0.717, 1.165) is 0 Å². The normalized spacial score (nSPS) is 11.0. The maximum absolute atomic E-state index is 12.1. The Morgan fingerprint density at radius 1 is 1.10 bits per heavy atom. The summed E-state index contributed by atoms with van der Waals surface area (Å²) in [4.78, 5) is 35.5. The largest absolute Gasteiger partial charge is 0.493 e. The Morgan fingerprint density at radius 3 is 2.38 bits per heavy atom. The summed E-state index contributed by atoms with van der Waals surface area (Å²) in [7, 11) is 1.42. The van der Waals surface area contributed by atoms with Crippen LogP contribution in [0, 0.1) is 11.3 Å². The minimum Gasteiger partial charge on any atom is -0.493 e. The molecular formula is C21H20N2O6. The summed E-state index contributed by atoms with van der Waals surface area (Å²) in [6.07, 6.45) is -1.05. The molecule has 1 amide bonds. The molecule has 8 nitrogen and oxygen atoms in total. The lowest BCUT2D eigenvalue weighted by atomic mass is 10.1. The Kier molecular flexibility index (Phi) is 7.32. The highest BCUT2D eigenvalue weighted by Gasteiger charge is 2.19. The maximum Gasteiger partial charge on any atom is 0.344 e. The number of nitriles is 1. The van der Waals surface area contributed by atoms with Crippen molar-refractivity contribution in [2.24, 2.45) is 0 Å². The van der Waals surface area contributed by atoms with Crippen LogP contribution in [0.2, 0.25) is 0 Å². The van der Waals surface area contributed by atoms with E-state index in [1.807, 2.05) is 6.07 Å². The lowest BCUT2D eigenvalue weighted by molar-refractivity contribution is -0.155. The van der Waals surface area contributed by atoms with E-state index in [0.29, 0.717) is 22.6 Å². The van der Waals surface area contributed by atoms with E-state index in [9.17, 15) is 14.4 Å². The number of carbonyl (C=O) groups excluding carboxylic acids is 3. The molecule has 0 radical (unpaired) electrons. The fourth-order valence-corrected chi connectivity index (χ4v) is 2.30. The number of esters is 1. The Bertz CT molecular complexity index is 947. The summed E-state index contributed by atoms with van der Waals surface area (Å²) < 4.78 is 15.6. The van der Waals surface area contributed by atoms with Gasteiger partial charge in [-0.15, -0.1) is 0 Å². The van der Waals surface area contributed by atoms with Crippen molar-refractivity contribution < 1.29 is 28.6 Å².